The first-order chi connectivity index (χ1) is 7.61. The van der Waals surface area contributed by atoms with E-state index in [-0.39, 0.29) is 0 Å². The highest BCUT2D eigenvalue weighted by Gasteiger charge is 2.12. The minimum absolute atomic E-state index is 0.306. The molecule has 2 atom stereocenters. The van der Waals surface area contributed by atoms with Gasteiger partial charge < -0.3 is 10.1 Å². The van der Waals surface area contributed by atoms with Crippen LogP contribution >= 0.6 is 0 Å². The number of hydrogen-bond donors (Lipinski definition) is 1. The first kappa shape index (κ1) is 13.2. The minimum atomic E-state index is 0.306. The van der Waals surface area contributed by atoms with E-state index in [2.05, 4.69) is 38.1 Å². The summed E-state index contributed by atoms with van der Waals surface area (Å²) in [6.07, 6.45) is 4.11. The summed E-state index contributed by atoms with van der Waals surface area (Å²) in [6.45, 7) is 10.1. The fourth-order valence-corrected chi connectivity index (χ4v) is 1.50. The smallest absolute Gasteiger partial charge is 0.0641 e. The molecule has 0 spiro atoms. The summed E-state index contributed by atoms with van der Waals surface area (Å²) in [4.78, 5) is 0. The summed E-state index contributed by atoms with van der Waals surface area (Å²) in [6, 6.07) is 2.69. The van der Waals surface area contributed by atoms with Gasteiger partial charge in [-0.05, 0) is 33.8 Å². The van der Waals surface area contributed by atoms with Crippen molar-refractivity contribution < 1.29 is 4.74 Å². The zero-order valence-electron chi connectivity index (χ0n) is 10.7. The van der Waals surface area contributed by atoms with E-state index >= 15 is 0 Å². The predicted octanol–water partition coefficient (Wildman–Crippen LogP) is 1.85. The standard InChI is InChI=1S/C12H23N3O/c1-10(2)16-9-7-13-11(3)12(4)15-8-5-6-14-15/h5-6,8,10-13H,7,9H2,1-4H3/t11-,12+/m0/s1. The monoisotopic (exact) mass is 225 g/mol. The molecule has 0 aliphatic carbocycles. The summed E-state index contributed by atoms with van der Waals surface area (Å²) in [5.74, 6) is 0. The van der Waals surface area contributed by atoms with Crippen molar-refractivity contribution in [2.24, 2.45) is 0 Å². The Kier molecular flexibility index (Phi) is 5.49. The Balaban J connectivity index is 2.22. The van der Waals surface area contributed by atoms with E-state index < -0.39 is 0 Å². The Labute approximate surface area is 98.0 Å². The molecular weight excluding hydrogens is 202 g/mol. The van der Waals surface area contributed by atoms with E-state index in [1.54, 1.807) is 0 Å². The Morgan fingerprint density at radius 2 is 2.06 bits per heavy atom. The Morgan fingerprint density at radius 3 is 2.62 bits per heavy atom. The lowest BCUT2D eigenvalue weighted by atomic mass is 10.2. The van der Waals surface area contributed by atoms with Crippen LogP contribution in [0.4, 0.5) is 0 Å². The lowest BCUT2D eigenvalue weighted by Gasteiger charge is -2.22. The van der Waals surface area contributed by atoms with E-state index in [0.29, 0.717) is 18.2 Å². The topological polar surface area (TPSA) is 39.1 Å². The lowest BCUT2D eigenvalue weighted by Crippen LogP contribution is -2.36. The molecule has 0 fully saturated rings. The Bertz CT molecular complexity index is 272. The third kappa shape index (κ3) is 4.33. The molecule has 0 aromatic carbocycles. The highest BCUT2D eigenvalue weighted by molar-refractivity contribution is 4.83. The average molecular weight is 225 g/mol. The van der Waals surface area contributed by atoms with Crippen LogP contribution in [0, 0.1) is 0 Å². The maximum Gasteiger partial charge on any atom is 0.0641 e. The van der Waals surface area contributed by atoms with Crippen LogP contribution in [0.15, 0.2) is 18.5 Å². The second-order valence-electron chi connectivity index (χ2n) is 4.39. The third-order valence-corrected chi connectivity index (χ3v) is 2.69. The summed E-state index contributed by atoms with van der Waals surface area (Å²) < 4.78 is 7.45. The van der Waals surface area contributed by atoms with Crippen molar-refractivity contribution in [1.82, 2.24) is 15.1 Å². The first-order valence-electron chi connectivity index (χ1n) is 5.95. The van der Waals surface area contributed by atoms with Crippen LogP contribution in [-0.2, 0) is 4.74 Å². The largest absolute Gasteiger partial charge is 0.377 e. The zero-order valence-corrected chi connectivity index (χ0v) is 10.7. The van der Waals surface area contributed by atoms with Gasteiger partial charge in [-0.3, -0.25) is 4.68 Å². The van der Waals surface area contributed by atoms with Gasteiger partial charge in [-0.25, -0.2) is 0 Å². The molecule has 0 saturated heterocycles. The van der Waals surface area contributed by atoms with E-state index in [1.807, 2.05) is 23.1 Å². The highest BCUT2D eigenvalue weighted by atomic mass is 16.5. The summed E-state index contributed by atoms with van der Waals surface area (Å²) in [7, 11) is 0. The summed E-state index contributed by atoms with van der Waals surface area (Å²) in [5, 5.41) is 7.68. The second kappa shape index (κ2) is 6.66. The summed E-state index contributed by atoms with van der Waals surface area (Å²) in [5.41, 5.74) is 0. The molecule has 0 aliphatic rings. The molecule has 0 aliphatic heterocycles. The van der Waals surface area contributed by atoms with Crippen molar-refractivity contribution in [3.05, 3.63) is 18.5 Å². The Morgan fingerprint density at radius 1 is 1.31 bits per heavy atom. The number of hydrogen-bond acceptors (Lipinski definition) is 3. The quantitative estimate of drug-likeness (QED) is 0.720. The van der Waals surface area contributed by atoms with Gasteiger partial charge in [-0.1, -0.05) is 0 Å². The minimum Gasteiger partial charge on any atom is -0.377 e. The van der Waals surface area contributed by atoms with Crippen molar-refractivity contribution in [3.8, 4) is 0 Å². The molecule has 0 radical (unpaired) electrons. The van der Waals surface area contributed by atoms with Gasteiger partial charge in [0, 0.05) is 25.0 Å². The summed E-state index contributed by atoms with van der Waals surface area (Å²) >= 11 is 0. The van der Waals surface area contributed by atoms with Crippen LogP contribution in [0.2, 0.25) is 0 Å². The molecule has 1 aromatic rings. The van der Waals surface area contributed by atoms with Crippen molar-refractivity contribution in [1.29, 1.82) is 0 Å². The number of ether oxygens (including phenoxy) is 1. The molecule has 16 heavy (non-hydrogen) atoms. The van der Waals surface area contributed by atoms with Gasteiger partial charge in [0.15, 0.2) is 0 Å². The molecule has 1 heterocycles. The zero-order chi connectivity index (χ0) is 12.0. The van der Waals surface area contributed by atoms with Crippen LogP contribution in [0.5, 0.6) is 0 Å². The van der Waals surface area contributed by atoms with Gasteiger partial charge in [-0.15, -0.1) is 0 Å². The van der Waals surface area contributed by atoms with E-state index in [0.717, 1.165) is 13.2 Å². The molecule has 1 aromatic heterocycles. The van der Waals surface area contributed by atoms with Gasteiger partial charge in [0.2, 0.25) is 0 Å². The van der Waals surface area contributed by atoms with Crippen LogP contribution in [0.25, 0.3) is 0 Å². The van der Waals surface area contributed by atoms with Crippen LogP contribution in [0.1, 0.15) is 33.7 Å². The van der Waals surface area contributed by atoms with Crippen LogP contribution < -0.4 is 5.32 Å². The fraction of sp³-hybridized carbons (Fsp3) is 0.750. The maximum atomic E-state index is 5.48. The van der Waals surface area contributed by atoms with Gasteiger partial charge in [0.25, 0.3) is 0 Å². The van der Waals surface area contributed by atoms with Crippen LogP contribution in [-0.4, -0.2) is 35.1 Å². The molecule has 1 N–H and O–H groups in total. The molecule has 4 nitrogen and oxygen atoms in total. The van der Waals surface area contributed by atoms with Gasteiger partial charge in [-0.2, -0.15) is 5.10 Å². The molecule has 4 heteroatoms. The lowest BCUT2D eigenvalue weighted by molar-refractivity contribution is 0.0786. The van der Waals surface area contributed by atoms with Crippen molar-refractivity contribution in [2.75, 3.05) is 13.2 Å². The Hall–Kier alpha value is -0.870. The third-order valence-electron chi connectivity index (χ3n) is 2.69. The maximum absolute atomic E-state index is 5.48. The molecule has 0 bridgehead atoms. The second-order valence-corrected chi connectivity index (χ2v) is 4.39. The SMILES string of the molecule is CC(C)OCCN[C@@H](C)[C@@H](C)n1cccn1. The number of rotatable bonds is 7. The molecular formula is C12H23N3O. The van der Waals surface area contributed by atoms with Gasteiger partial charge >= 0.3 is 0 Å². The van der Waals surface area contributed by atoms with Crippen molar-refractivity contribution in [2.45, 2.75) is 45.9 Å². The predicted molar refractivity (Wildman–Crippen MR) is 65.5 cm³/mol. The average Bonchev–Trinajstić information content (AvgIpc) is 2.76. The molecule has 1 rings (SSSR count). The first-order valence-corrected chi connectivity index (χ1v) is 5.95. The van der Waals surface area contributed by atoms with Crippen LogP contribution in [0.3, 0.4) is 0 Å². The van der Waals surface area contributed by atoms with E-state index in [1.165, 1.54) is 0 Å². The highest BCUT2D eigenvalue weighted by Crippen LogP contribution is 2.08. The number of nitrogens with one attached hydrogen (secondary N) is 1. The normalized spacial score (nSPS) is 15.3. The molecule has 0 unspecified atom stereocenters. The fourth-order valence-electron chi connectivity index (χ4n) is 1.50. The van der Waals surface area contributed by atoms with Crippen molar-refractivity contribution in [3.63, 3.8) is 0 Å². The van der Waals surface area contributed by atoms with E-state index in [4.69, 9.17) is 4.74 Å². The van der Waals surface area contributed by atoms with Crippen molar-refractivity contribution >= 4 is 0 Å². The molecule has 0 amide bonds. The van der Waals surface area contributed by atoms with E-state index in [9.17, 15) is 0 Å². The molecule has 0 saturated carbocycles. The van der Waals surface area contributed by atoms with Gasteiger partial charge in [0.05, 0.1) is 18.8 Å². The number of aromatic nitrogens is 2. The molecule has 92 valence electrons. The number of nitrogens with zero attached hydrogens (tertiary/aromatic N) is 2. The van der Waals surface area contributed by atoms with Gasteiger partial charge in [0.1, 0.15) is 0 Å².